The van der Waals surface area contributed by atoms with Gasteiger partial charge in [-0.1, -0.05) is 22.9 Å². The molecule has 0 saturated heterocycles. The molecule has 1 aromatic rings. The molecule has 0 atom stereocenters. The quantitative estimate of drug-likeness (QED) is 0.680. The van der Waals surface area contributed by atoms with E-state index in [0.717, 1.165) is 17.6 Å². The molecule has 0 aliphatic heterocycles. The van der Waals surface area contributed by atoms with Crippen LogP contribution in [0.15, 0.2) is 10.4 Å². The number of sulfone groups is 1. The van der Waals surface area contributed by atoms with Crippen molar-refractivity contribution < 1.29 is 8.42 Å². The number of halogens is 1. The average Bonchev–Trinajstić information content (AvgIpc) is 2.11. The Hall–Kier alpha value is -0.130. The van der Waals surface area contributed by atoms with Crippen LogP contribution in [0.25, 0.3) is 0 Å². The first-order chi connectivity index (χ1) is 4.50. The first kappa shape index (κ1) is 7.97. The summed E-state index contributed by atoms with van der Waals surface area (Å²) in [5.41, 5.74) is 0. The van der Waals surface area contributed by atoms with Gasteiger partial charge in [-0.25, -0.2) is 13.4 Å². The normalized spacial score (nSPS) is 11.8. The molecule has 6 heteroatoms. The van der Waals surface area contributed by atoms with E-state index in [1.165, 1.54) is 6.20 Å². The number of hydrogen-bond donors (Lipinski definition) is 0. The molecule has 0 aliphatic carbocycles. The predicted molar refractivity (Wildman–Crippen MR) is 40.2 cm³/mol. The number of aromatic nitrogens is 1. The lowest BCUT2D eigenvalue weighted by Gasteiger charge is -1.85. The van der Waals surface area contributed by atoms with Gasteiger partial charge in [0, 0.05) is 6.26 Å². The fourth-order valence-corrected chi connectivity index (χ4v) is 2.31. The summed E-state index contributed by atoms with van der Waals surface area (Å²) < 4.78 is 22.0. The Labute approximate surface area is 67.6 Å². The molecule has 0 fully saturated rings. The molecule has 10 heavy (non-hydrogen) atoms. The summed E-state index contributed by atoms with van der Waals surface area (Å²) >= 11 is 6.37. The molecule has 0 unspecified atom stereocenters. The van der Waals surface area contributed by atoms with Gasteiger partial charge in [-0.2, -0.15) is 0 Å². The minimum Gasteiger partial charge on any atom is -0.232 e. The summed E-state index contributed by atoms with van der Waals surface area (Å²) in [4.78, 5) is 3.59. The van der Waals surface area contributed by atoms with Gasteiger partial charge < -0.3 is 0 Å². The van der Waals surface area contributed by atoms with Crippen molar-refractivity contribution in [2.24, 2.45) is 0 Å². The topological polar surface area (TPSA) is 47.0 Å². The van der Waals surface area contributed by atoms with E-state index in [-0.39, 0.29) is 8.68 Å². The zero-order valence-electron chi connectivity index (χ0n) is 5.04. The molecule has 0 radical (unpaired) electrons. The number of thiazole rings is 1. The van der Waals surface area contributed by atoms with Crippen molar-refractivity contribution in [2.75, 3.05) is 6.26 Å². The molecule has 3 nitrogen and oxygen atoms in total. The Bertz CT molecular complexity index is 329. The summed E-state index contributed by atoms with van der Waals surface area (Å²) in [7, 11) is -3.11. The van der Waals surface area contributed by atoms with Gasteiger partial charge in [0.05, 0.1) is 6.20 Å². The zero-order chi connectivity index (χ0) is 7.78. The van der Waals surface area contributed by atoms with Gasteiger partial charge >= 0.3 is 0 Å². The molecule has 0 spiro atoms. The highest BCUT2D eigenvalue weighted by atomic mass is 35.5. The van der Waals surface area contributed by atoms with Gasteiger partial charge in [0.25, 0.3) is 0 Å². The van der Waals surface area contributed by atoms with Crippen LogP contribution in [0, 0.1) is 0 Å². The lowest BCUT2D eigenvalue weighted by atomic mass is 11.0. The highest BCUT2D eigenvalue weighted by Gasteiger charge is 2.09. The van der Waals surface area contributed by atoms with Crippen LogP contribution in [-0.2, 0) is 9.84 Å². The van der Waals surface area contributed by atoms with Crippen LogP contribution in [0.5, 0.6) is 0 Å². The fraction of sp³-hybridized carbons (Fsp3) is 0.250. The van der Waals surface area contributed by atoms with Crippen LogP contribution in [-0.4, -0.2) is 19.7 Å². The van der Waals surface area contributed by atoms with Crippen molar-refractivity contribution in [2.45, 2.75) is 4.21 Å². The Morgan fingerprint density at radius 3 is 2.50 bits per heavy atom. The molecule has 0 amide bonds. The van der Waals surface area contributed by atoms with Crippen molar-refractivity contribution in [1.82, 2.24) is 4.98 Å². The molecule has 0 N–H and O–H groups in total. The van der Waals surface area contributed by atoms with Gasteiger partial charge in [-0.15, -0.1) is 0 Å². The summed E-state index contributed by atoms with van der Waals surface area (Å²) in [6, 6.07) is 0. The van der Waals surface area contributed by atoms with Gasteiger partial charge in [-0.05, 0) is 0 Å². The third-order valence-corrected chi connectivity index (χ3v) is 3.73. The molecule has 1 rings (SSSR count). The summed E-state index contributed by atoms with van der Waals surface area (Å²) in [6.07, 6.45) is 2.37. The monoisotopic (exact) mass is 197 g/mol. The van der Waals surface area contributed by atoms with Crippen molar-refractivity contribution >= 4 is 32.8 Å². The standard InChI is InChI=1S/C4H4ClNO2S2/c1-10(7,8)3-2-6-4(5)9-3/h2H,1H3. The fourth-order valence-electron chi connectivity index (χ4n) is 0.411. The van der Waals surface area contributed by atoms with E-state index in [2.05, 4.69) is 4.98 Å². The zero-order valence-corrected chi connectivity index (χ0v) is 7.42. The van der Waals surface area contributed by atoms with Crippen LogP contribution in [0.1, 0.15) is 0 Å². The van der Waals surface area contributed by atoms with E-state index >= 15 is 0 Å². The smallest absolute Gasteiger partial charge is 0.186 e. The lowest BCUT2D eigenvalue weighted by Crippen LogP contribution is -1.91. The van der Waals surface area contributed by atoms with Crippen LogP contribution < -0.4 is 0 Å². The maximum atomic E-state index is 10.8. The summed E-state index contributed by atoms with van der Waals surface area (Å²) in [5, 5.41) is 0. The number of rotatable bonds is 1. The van der Waals surface area contributed by atoms with Gasteiger partial charge in [0.15, 0.2) is 14.3 Å². The van der Waals surface area contributed by atoms with Crippen molar-refractivity contribution in [3.8, 4) is 0 Å². The molecular weight excluding hydrogens is 194 g/mol. The van der Waals surface area contributed by atoms with Crippen LogP contribution in [0.4, 0.5) is 0 Å². The number of hydrogen-bond acceptors (Lipinski definition) is 4. The third-order valence-electron chi connectivity index (χ3n) is 0.822. The van der Waals surface area contributed by atoms with Crippen LogP contribution in [0.2, 0.25) is 4.47 Å². The first-order valence-electron chi connectivity index (χ1n) is 2.31. The molecule has 1 heterocycles. The minimum absolute atomic E-state index is 0.206. The Kier molecular flexibility index (Phi) is 1.98. The van der Waals surface area contributed by atoms with E-state index in [1.54, 1.807) is 0 Å². The van der Waals surface area contributed by atoms with Gasteiger partial charge in [0.1, 0.15) is 4.21 Å². The van der Waals surface area contributed by atoms with E-state index in [4.69, 9.17) is 11.6 Å². The maximum absolute atomic E-state index is 10.8. The van der Waals surface area contributed by atoms with Gasteiger partial charge in [-0.3, -0.25) is 0 Å². The molecule has 0 aromatic carbocycles. The second kappa shape index (κ2) is 2.48. The molecule has 0 aliphatic rings. The van der Waals surface area contributed by atoms with E-state index in [1.807, 2.05) is 0 Å². The average molecular weight is 198 g/mol. The van der Waals surface area contributed by atoms with Crippen molar-refractivity contribution in [3.63, 3.8) is 0 Å². The summed E-state index contributed by atoms with van der Waals surface area (Å²) in [6.45, 7) is 0. The Balaban J connectivity index is 3.21. The van der Waals surface area contributed by atoms with Crippen molar-refractivity contribution in [3.05, 3.63) is 10.7 Å². The van der Waals surface area contributed by atoms with Crippen molar-refractivity contribution in [1.29, 1.82) is 0 Å². The Morgan fingerprint density at radius 1 is 1.70 bits per heavy atom. The van der Waals surface area contributed by atoms with E-state index in [9.17, 15) is 8.42 Å². The Morgan fingerprint density at radius 2 is 2.30 bits per heavy atom. The molecule has 1 aromatic heterocycles. The molecular formula is C4H4ClNO2S2. The highest BCUT2D eigenvalue weighted by Crippen LogP contribution is 2.21. The molecule has 0 bridgehead atoms. The minimum atomic E-state index is -3.11. The lowest BCUT2D eigenvalue weighted by molar-refractivity contribution is 0.603. The largest absolute Gasteiger partial charge is 0.232 e. The van der Waals surface area contributed by atoms with Crippen LogP contribution in [0.3, 0.4) is 0 Å². The molecule has 56 valence electrons. The van der Waals surface area contributed by atoms with E-state index in [0.29, 0.717) is 0 Å². The van der Waals surface area contributed by atoms with E-state index < -0.39 is 9.84 Å². The maximum Gasteiger partial charge on any atom is 0.186 e. The summed E-state index contributed by atoms with van der Waals surface area (Å²) in [5.74, 6) is 0. The second-order valence-electron chi connectivity index (χ2n) is 1.70. The molecule has 0 saturated carbocycles. The van der Waals surface area contributed by atoms with Crippen LogP contribution >= 0.6 is 22.9 Å². The predicted octanol–water partition coefficient (Wildman–Crippen LogP) is 1.20. The second-order valence-corrected chi connectivity index (χ2v) is 5.56. The third kappa shape index (κ3) is 1.68. The SMILES string of the molecule is CS(=O)(=O)c1cnc(Cl)s1. The highest BCUT2D eigenvalue weighted by molar-refractivity contribution is 7.92. The van der Waals surface area contributed by atoms with Gasteiger partial charge in [0.2, 0.25) is 0 Å². The number of nitrogens with zero attached hydrogens (tertiary/aromatic N) is 1. The first-order valence-corrected chi connectivity index (χ1v) is 5.40.